The highest BCUT2D eigenvalue weighted by Crippen LogP contribution is 2.15. The van der Waals surface area contributed by atoms with Gasteiger partial charge in [-0.05, 0) is 50.8 Å². The lowest BCUT2D eigenvalue weighted by atomic mass is 9.99. The van der Waals surface area contributed by atoms with Crippen molar-refractivity contribution in [2.24, 2.45) is 5.92 Å². The van der Waals surface area contributed by atoms with E-state index in [9.17, 15) is 14.0 Å². The van der Waals surface area contributed by atoms with Crippen LogP contribution in [0.15, 0.2) is 24.3 Å². The summed E-state index contributed by atoms with van der Waals surface area (Å²) in [6, 6.07) is 6.17. The summed E-state index contributed by atoms with van der Waals surface area (Å²) in [6.07, 6.45) is 1.64. The van der Waals surface area contributed by atoms with E-state index in [-0.39, 0.29) is 19.0 Å². The van der Waals surface area contributed by atoms with Crippen molar-refractivity contribution >= 4 is 11.9 Å². The standard InChI is InChI=1S/C16H21FO4/c1-3-20-15(18)14(16(19)21-4-2)7-5-6-12-8-10-13(17)11-9-12/h8-11,14H,3-7H2,1-2H3. The number of rotatable bonds is 8. The maximum Gasteiger partial charge on any atom is 0.320 e. The molecular formula is C16H21FO4. The summed E-state index contributed by atoms with van der Waals surface area (Å²) in [7, 11) is 0. The first-order valence-electron chi connectivity index (χ1n) is 7.16. The molecule has 21 heavy (non-hydrogen) atoms. The molecule has 0 spiro atoms. The molecule has 0 saturated carbocycles. The number of carbonyl (C=O) groups excluding carboxylic acids is 2. The van der Waals surface area contributed by atoms with Crippen molar-refractivity contribution in [2.75, 3.05) is 13.2 Å². The number of benzene rings is 1. The minimum atomic E-state index is -0.884. The lowest BCUT2D eigenvalue weighted by Gasteiger charge is -2.14. The summed E-state index contributed by atoms with van der Waals surface area (Å²) in [4.78, 5) is 23.5. The molecule has 0 unspecified atom stereocenters. The Hall–Kier alpha value is -1.91. The Morgan fingerprint density at radius 1 is 1.05 bits per heavy atom. The highest BCUT2D eigenvalue weighted by atomic mass is 19.1. The Labute approximate surface area is 124 Å². The molecular weight excluding hydrogens is 275 g/mol. The number of halogens is 1. The van der Waals surface area contributed by atoms with Crippen LogP contribution < -0.4 is 0 Å². The van der Waals surface area contributed by atoms with Crippen LogP contribution in [0.25, 0.3) is 0 Å². The van der Waals surface area contributed by atoms with Gasteiger partial charge in [-0.3, -0.25) is 9.59 Å². The van der Waals surface area contributed by atoms with Gasteiger partial charge in [-0.2, -0.15) is 0 Å². The number of hydrogen-bond donors (Lipinski definition) is 0. The van der Waals surface area contributed by atoms with Crippen LogP contribution in [0.3, 0.4) is 0 Å². The molecule has 0 saturated heterocycles. The van der Waals surface area contributed by atoms with Gasteiger partial charge in [0.2, 0.25) is 0 Å². The van der Waals surface area contributed by atoms with Crippen LogP contribution in [0.4, 0.5) is 4.39 Å². The molecule has 0 amide bonds. The van der Waals surface area contributed by atoms with Crippen LogP contribution in [0, 0.1) is 11.7 Å². The largest absolute Gasteiger partial charge is 0.465 e. The highest BCUT2D eigenvalue weighted by Gasteiger charge is 2.28. The topological polar surface area (TPSA) is 52.6 Å². The molecule has 4 nitrogen and oxygen atoms in total. The summed E-state index contributed by atoms with van der Waals surface area (Å²) in [5.74, 6) is -2.26. The monoisotopic (exact) mass is 296 g/mol. The minimum Gasteiger partial charge on any atom is -0.465 e. The molecule has 0 atom stereocenters. The van der Waals surface area contributed by atoms with E-state index in [1.807, 2.05) is 0 Å². The summed E-state index contributed by atoms with van der Waals surface area (Å²) in [5.41, 5.74) is 0.961. The Kier molecular flexibility index (Phi) is 7.43. The molecule has 0 radical (unpaired) electrons. The zero-order valence-electron chi connectivity index (χ0n) is 12.4. The van der Waals surface area contributed by atoms with Crippen LogP contribution in [-0.2, 0) is 25.5 Å². The van der Waals surface area contributed by atoms with E-state index in [2.05, 4.69) is 0 Å². The third-order valence-corrected chi connectivity index (χ3v) is 3.01. The Morgan fingerprint density at radius 3 is 2.05 bits per heavy atom. The first-order valence-corrected chi connectivity index (χ1v) is 7.16. The molecule has 0 aliphatic carbocycles. The zero-order valence-corrected chi connectivity index (χ0v) is 12.4. The van der Waals surface area contributed by atoms with E-state index in [0.717, 1.165) is 5.56 Å². The van der Waals surface area contributed by atoms with Gasteiger partial charge in [-0.25, -0.2) is 4.39 Å². The molecule has 1 rings (SSSR count). The SMILES string of the molecule is CCOC(=O)C(CCCc1ccc(F)cc1)C(=O)OCC. The van der Waals surface area contributed by atoms with Crippen molar-refractivity contribution in [2.45, 2.75) is 33.1 Å². The highest BCUT2D eigenvalue weighted by molar-refractivity contribution is 5.94. The Balaban J connectivity index is 2.54. The fourth-order valence-corrected chi connectivity index (χ4v) is 1.98. The van der Waals surface area contributed by atoms with Gasteiger partial charge in [0.15, 0.2) is 5.92 Å². The smallest absolute Gasteiger partial charge is 0.320 e. The summed E-state index contributed by atoms with van der Waals surface area (Å²) < 4.78 is 22.6. The van der Waals surface area contributed by atoms with Crippen molar-refractivity contribution < 1.29 is 23.5 Å². The van der Waals surface area contributed by atoms with Crippen molar-refractivity contribution in [3.63, 3.8) is 0 Å². The molecule has 1 aromatic rings. The minimum absolute atomic E-state index is 0.229. The molecule has 0 aromatic heterocycles. The third-order valence-electron chi connectivity index (χ3n) is 3.01. The number of aryl methyl sites for hydroxylation is 1. The number of ether oxygens (including phenoxy) is 2. The average Bonchev–Trinajstić information content (AvgIpc) is 2.46. The van der Waals surface area contributed by atoms with Crippen LogP contribution in [0.2, 0.25) is 0 Å². The van der Waals surface area contributed by atoms with E-state index in [1.165, 1.54) is 12.1 Å². The summed E-state index contributed by atoms with van der Waals surface area (Å²) in [6.45, 7) is 3.84. The molecule has 0 aliphatic rings. The van der Waals surface area contributed by atoms with Gasteiger partial charge in [-0.1, -0.05) is 12.1 Å². The van der Waals surface area contributed by atoms with E-state index in [1.54, 1.807) is 26.0 Å². The molecule has 5 heteroatoms. The maximum absolute atomic E-state index is 12.8. The van der Waals surface area contributed by atoms with E-state index in [0.29, 0.717) is 19.3 Å². The van der Waals surface area contributed by atoms with Crippen LogP contribution in [-0.4, -0.2) is 25.2 Å². The Bertz CT molecular complexity index is 438. The lowest BCUT2D eigenvalue weighted by molar-refractivity contribution is -0.161. The molecule has 0 fully saturated rings. The average molecular weight is 296 g/mol. The van der Waals surface area contributed by atoms with Gasteiger partial charge in [0.25, 0.3) is 0 Å². The van der Waals surface area contributed by atoms with Crippen LogP contribution in [0.5, 0.6) is 0 Å². The van der Waals surface area contributed by atoms with Crippen molar-refractivity contribution in [1.29, 1.82) is 0 Å². The molecule has 0 N–H and O–H groups in total. The van der Waals surface area contributed by atoms with E-state index in [4.69, 9.17) is 9.47 Å². The normalized spacial score (nSPS) is 10.5. The van der Waals surface area contributed by atoms with Crippen molar-refractivity contribution in [3.05, 3.63) is 35.6 Å². The second kappa shape index (κ2) is 9.10. The van der Waals surface area contributed by atoms with Gasteiger partial charge in [0.1, 0.15) is 5.82 Å². The van der Waals surface area contributed by atoms with E-state index < -0.39 is 17.9 Å². The van der Waals surface area contributed by atoms with Crippen LogP contribution >= 0.6 is 0 Å². The molecule has 0 heterocycles. The van der Waals surface area contributed by atoms with E-state index >= 15 is 0 Å². The molecule has 0 aliphatic heterocycles. The number of hydrogen-bond acceptors (Lipinski definition) is 4. The molecule has 0 bridgehead atoms. The third kappa shape index (κ3) is 5.94. The first kappa shape index (κ1) is 17.1. The summed E-state index contributed by atoms with van der Waals surface area (Å²) >= 11 is 0. The van der Waals surface area contributed by atoms with Crippen molar-refractivity contribution in [3.8, 4) is 0 Å². The van der Waals surface area contributed by atoms with Gasteiger partial charge in [0.05, 0.1) is 13.2 Å². The number of carbonyl (C=O) groups is 2. The first-order chi connectivity index (χ1) is 10.1. The fraction of sp³-hybridized carbons (Fsp3) is 0.500. The van der Waals surface area contributed by atoms with Gasteiger partial charge in [-0.15, -0.1) is 0 Å². The van der Waals surface area contributed by atoms with Gasteiger partial charge in [0, 0.05) is 0 Å². The van der Waals surface area contributed by atoms with Gasteiger partial charge < -0.3 is 9.47 Å². The fourth-order valence-electron chi connectivity index (χ4n) is 1.98. The second-order valence-corrected chi connectivity index (χ2v) is 4.58. The zero-order chi connectivity index (χ0) is 15.7. The molecule has 1 aromatic carbocycles. The lowest BCUT2D eigenvalue weighted by Crippen LogP contribution is -2.28. The van der Waals surface area contributed by atoms with Crippen LogP contribution in [0.1, 0.15) is 32.3 Å². The number of esters is 2. The van der Waals surface area contributed by atoms with Crippen molar-refractivity contribution in [1.82, 2.24) is 0 Å². The second-order valence-electron chi connectivity index (χ2n) is 4.58. The predicted octanol–water partition coefficient (Wildman–Crippen LogP) is 2.89. The molecule has 116 valence electrons. The summed E-state index contributed by atoms with van der Waals surface area (Å²) in [5, 5.41) is 0. The Morgan fingerprint density at radius 2 is 1.57 bits per heavy atom. The quantitative estimate of drug-likeness (QED) is 0.547. The predicted molar refractivity (Wildman–Crippen MR) is 76.1 cm³/mol. The van der Waals surface area contributed by atoms with Gasteiger partial charge >= 0.3 is 11.9 Å². The maximum atomic E-state index is 12.8.